The maximum atomic E-state index is 6.18. The largest absolute Gasteiger partial charge is 0.439 e. The van der Waals surface area contributed by atoms with Crippen LogP contribution in [0.25, 0.3) is 27.6 Å². The maximum Gasteiger partial charge on any atom is 0.215 e. The van der Waals surface area contributed by atoms with Crippen LogP contribution in [0.1, 0.15) is 33.3 Å². The molecule has 1 aliphatic rings. The zero-order valence-electron chi connectivity index (χ0n) is 19.0. The van der Waals surface area contributed by atoms with Crippen molar-refractivity contribution in [3.8, 4) is 11.6 Å². The number of rotatable bonds is 2. The number of hydrogen-bond donors (Lipinski definition) is 0. The van der Waals surface area contributed by atoms with E-state index in [4.69, 9.17) is 9.72 Å². The van der Waals surface area contributed by atoms with Gasteiger partial charge in [0.2, 0.25) is 5.90 Å². The van der Waals surface area contributed by atoms with Crippen molar-refractivity contribution in [3.05, 3.63) is 90.2 Å². The minimum absolute atomic E-state index is 0.0422. The molecule has 0 amide bonds. The predicted molar refractivity (Wildman–Crippen MR) is 133 cm³/mol. The molecule has 4 aromatic rings. The third-order valence-electron chi connectivity index (χ3n) is 5.79. The zero-order chi connectivity index (χ0) is 22.3. The second kappa shape index (κ2) is 7.79. The van der Waals surface area contributed by atoms with Crippen LogP contribution in [0.15, 0.2) is 89.6 Å². The van der Waals surface area contributed by atoms with Crippen LogP contribution in [0.3, 0.4) is 0 Å². The Balaban J connectivity index is 1.69. The predicted octanol–water partition coefficient (Wildman–Crippen LogP) is 6.77. The molecule has 0 atom stereocenters. The summed E-state index contributed by atoms with van der Waals surface area (Å²) in [5.74, 6) is 2.30. The summed E-state index contributed by atoms with van der Waals surface area (Å²) in [4.78, 5) is 9.27. The molecule has 32 heavy (non-hydrogen) atoms. The van der Waals surface area contributed by atoms with E-state index in [1.165, 1.54) is 16.3 Å². The smallest absolute Gasteiger partial charge is 0.215 e. The van der Waals surface area contributed by atoms with Crippen molar-refractivity contribution in [2.45, 2.75) is 33.1 Å². The number of aromatic nitrogens is 2. The van der Waals surface area contributed by atoms with Gasteiger partial charge in [0.1, 0.15) is 11.6 Å². The van der Waals surface area contributed by atoms with Gasteiger partial charge >= 0.3 is 0 Å². The van der Waals surface area contributed by atoms with E-state index in [1.807, 2.05) is 24.4 Å². The Kier molecular flexibility index (Phi) is 4.93. The second-order valence-corrected chi connectivity index (χ2v) is 9.26. The maximum absolute atomic E-state index is 6.18. The highest BCUT2D eigenvalue weighted by Gasteiger charge is 2.18. The van der Waals surface area contributed by atoms with Gasteiger partial charge in [-0.3, -0.25) is 4.57 Å². The van der Waals surface area contributed by atoms with Crippen LogP contribution in [0.4, 0.5) is 0 Å². The quantitative estimate of drug-likeness (QED) is 0.358. The standard InChI is InChI=1S/C28H27N3O/c1-19-8-7-14-30-27(16-19)32-21-11-12-23-22-9-5-6-10-24(22)31(25(23)18-21)26-17-20(13-15-29-26)28(2,3)4/h5-13,15-18H,14H2,1-4H3. The number of ether oxygens (including phenoxy) is 1. The van der Waals surface area contributed by atoms with Gasteiger partial charge < -0.3 is 4.74 Å². The molecule has 1 aliphatic heterocycles. The lowest BCUT2D eigenvalue weighted by molar-refractivity contribution is 0.553. The zero-order valence-corrected chi connectivity index (χ0v) is 19.0. The number of para-hydroxylation sites is 1. The summed E-state index contributed by atoms with van der Waals surface area (Å²) in [6, 6.07) is 19.0. The van der Waals surface area contributed by atoms with Gasteiger partial charge in [0.25, 0.3) is 0 Å². The van der Waals surface area contributed by atoms with Crippen LogP contribution in [0.5, 0.6) is 5.75 Å². The molecule has 0 spiro atoms. The first-order valence-electron chi connectivity index (χ1n) is 11.0. The minimum atomic E-state index is 0.0422. The average molecular weight is 422 g/mol. The fourth-order valence-corrected chi connectivity index (χ4v) is 4.12. The molecule has 0 saturated heterocycles. The Bertz CT molecular complexity index is 1410. The lowest BCUT2D eigenvalue weighted by Crippen LogP contribution is -2.12. The Morgan fingerprint density at radius 1 is 0.938 bits per heavy atom. The Morgan fingerprint density at radius 3 is 2.59 bits per heavy atom. The summed E-state index contributed by atoms with van der Waals surface area (Å²) in [5.41, 5.74) is 4.61. The highest BCUT2D eigenvalue weighted by Crippen LogP contribution is 2.34. The van der Waals surface area contributed by atoms with E-state index in [0.717, 1.165) is 28.2 Å². The van der Waals surface area contributed by atoms with Gasteiger partial charge in [-0.2, -0.15) is 0 Å². The van der Waals surface area contributed by atoms with Crippen LogP contribution >= 0.6 is 0 Å². The molecule has 160 valence electrons. The average Bonchev–Trinajstić information content (AvgIpc) is 2.95. The molecule has 0 fully saturated rings. The van der Waals surface area contributed by atoms with Crippen molar-refractivity contribution in [3.63, 3.8) is 0 Å². The third-order valence-corrected chi connectivity index (χ3v) is 5.79. The van der Waals surface area contributed by atoms with Crippen molar-refractivity contribution in [1.29, 1.82) is 0 Å². The summed E-state index contributed by atoms with van der Waals surface area (Å²) in [5, 5.41) is 2.37. The Labute approximate surface area is 188 Å². The summed E-state index contributed by atoms with van der Waals surface area (Å²) in [7, 11) is 0. The molecule has 2 aromatic heterocycles. The van der Waals surface area contributed by atoms with Gasteiger partial charge in [-0.05, 0) is 53.8 Å². The highest BCUT2D eigenvalue weighted by atomic mass is 16.5. The monoisotopic (exact) mass is 421 g/mol. The minimum Gasteiger partial charge on any atom is -0.439 e. The summed E-state index contributed by atoms with van der Waals surface area (Å²) in [6.07, 6.45) is 7.97. The molecule has 0 bridgehead atoms. The summed E-state index contributed by atoms with van der Waals surface area (Å²) in [6.45, 7) is 9.34. The van der Waals surface area contributed by atoms with E-state index < -0.39 is 0 Å². The fraction of sp³-hybridized carbons (Fsp3) is 0.214. The first kappa shape index (κ1) is 20.3. The lowest BCUT2D eigenvalue weighted by Gasteiger charge is -2.20. The van der Waals surface area contributed by atoms with Crippen molar-refractivity contribution < 1.29 is 4.74 Å². The Morgan fingerprint density at radius 2 is 1.75 bits per heavy atom. The molecule has 4 nitrogen and oxygen atoms in total. The molecule has 4 heteroatoms. The number of nitrogens with zero attached hydrogens (tertiary/aromatic N) is 3. The fourth-order valence-electron chi connectivity index (χ4n) is 4.12. The number of pyridine rings is 1. The normalized spacial score (nSPS) is 14.4. The molecule has 0 saturated carbocycles. The van der Waals surface area contributed by atoms with Gasteiger partial charge in [0.05, 0.1) is 17.6 Å². The van der Waals surface area contributed by atoms with Crippen molar-refractivity contribution in [2.75, 3.05) is 6.54 Å². The van der Waals surface area contributed by atoms with Gasteiger partial charge in [0.15, 0.2) is 0 Å². The van der Waals surface area contributed by atoms with Crippen LogP contribution in [-0.2, 0) is 5.41 Å². The molecule has 0 unspecified atom stereocenters. The molecular weight excluding hydrogens is 394 g/mol. The van der Waals surface area contributed by atoms with Gasteiger partial charge in [-0.25, -0.2) is 9.98 Å². The first-order chi connectivity index (χ1) is 15.4. The van der Waals surface area contributed by atoms with E-state index in [0.29, 0.717) is 12.4 Å². The number of benzene rings is 2. The lowest BCUT2D eigenvalue weighted by atomic mass is 9.88. The first-order valence-corrected chi connectivity index (χ1v) is 11.0. The van der Waals surface area contributed by atoms with Gasteiger partial charge in [0, 0.05) is 29.1 Å². The molecule has 2 aromatic carbocycles. The van der Waals surface area contributed by atoms with E-state index >= 15 is 0 Å². The summed E-state index contributed by atoms with van der Waals surface area (Å²) >= 11 is 0. The molecule has 0 radical (unpaired) electrons. The van der Waals surface area contributed by atoms with Gasteiger partial charge in [-0.1, -0.05) is 51.1 Å². The van der Waals surface area contributed by atoms with Crippen LogP contribution in [0.2, 0.25) is 0 Å². The Hall–Kier alpha value is -3.66. The molecule has 5 rings (SSSR count). The van der Waals surface area contributed by atoms with Crippen molar-refractivity contribution >= 4 is 27.7 Å². The third kappa shape index (κ3) is 3.73. The van der Waals surface area contributed by atoms with Crippen molar-refractivity contribution in [1.82, 2.24) is 9.55 Å². The SMILES string of the molecule is CC1=CC(Oc2ccc3c4ccccc4n(-c4cc(C(C)(C)C)ccn4)c3c2)=NCC=C1. The number of allylic oxidation sites excluding steroid dienone is 2. The number of fused-ring (bicyclic) bond motifs is 3. The molecule has 0 aliphatic carbocycles. The number of hydrogen-bond acceptors (Lipinski definition) is 3. The summed E-state index contributed by atoms with van der Waals surface area (Å²) < 4.78 is 8.41. The van der Waals surface area contributed by atoms with E-state index in [2.05, 4.69) is 91.9 Å². The van der Waals surface area contributed by atoms with Crippen LogP contribution < -0.4 is 4.74 Å². The number of aliphatic imine (C=N–C) groups is 1. The van der Waals surface area contributed by atoms with Gasteiger partial charge in [-0.15, -0.1) is 0 Å². The van der Waals surface area contributed by atoms with E-state index in [-0.39, 0.29) is 5.41 Å². The van der Waals surface area contributed by atoms with E-state index in [9.17, 15) is 0 Å². The topological polar surface area (TPSA) is 39.4 Å². The molecule has 0 N–H and O–H groups in total. The van der Waals surface area contributed by atoms with Crippen LogP contribution in [0, 0.1) is 0 Å². The molecule has 3 heterocycles. The van der Waals surface area contributed by atoms with E-state index in [1.54, 1.807) is 0 Å². The highest BCUT2D eigenvalue weighted by molar-refractivity contribution is 6.09. The molecular formula is C28H27N3O. The van der Waals surface area contributed by atoms with Crippen molar-refractivity contribution in [2.24, 2.45) is 4.99 Å². The van der Waals surface area contributed by atoms with Crippen LogP contribution in [-0.4, -0.2) is 22.0 Å². The second-order valence-electron chi connectivity index (χ2n) is 9.26.